The van der Waals surface area contributed by atoms with Gasteiger partial charge in [-0.3, -0.25) is 14.5 Å². The zero-order chi connectivity index (χ0) is 21.2. The lowest BCUT2D eigenvalue weighted by Gasteiger charge is -2.32. The first-order valence-corrected chi connectivity index (χ1v) is 10.9. The average molecular weight is 408 g/mol. The zero-order valence-electron chi connectivity index (χ0n) is 17.3. The summed E-state index contributed by atoms with van der Waals surface area (Å²) in [5.41, 5.74) is 3.31. The highest BCUT2D eigenvalue weighted by Crippen LogP contribution is 2.49. The summed E-state index contributed by atoms with van der Waals surface area (Å²) in [4.78, 5) is 28.7. The lowest BCUT2D eigenvalue weighted by Crippen LogP contribution is -2.33. The van der Waals surface area contributed by atoms with Crippen LogP contribution >= 0.6 is 0 Å². The van der Waals surface area contributed by atoms with Crippen molar-refractivity contribution in [3.05, 3.63) is 120 Å². The van der Waals surface area contributed by atoms with Crippen LogP contribution < -0.4 is 0 Å². The van der Waals surface area contributed by atoms with Crippen LogP contribution in [0, 0.1) is 11.8 Å². The van der Waals surface area contributed by atoms with Crippen molar-refractivity contribution in [3.8, 4) is 0 Å². The molecule has 3 nitrogen and oxygen atoms in total. The van der Waals surface area contributed by atoms with E-state index in [4.69, 9.17) is 0 Å². The SMILES string of the molecule is O=C1C2C(c3ccccc3)C=CC(c3ccccc3)C2C(=O)N1CCc1ccccc1. The number of rotatable bonds is 5. The molecule has 1 aliphatic heterocycles. The van der Waals surface area contributed by atoms with Crippen molar-refractivity contribution >= 4 is 11.8 Å². The van der Waals surface area contributed by atoms with E-state index in [1.165, 1.54) is 4.90 Å². The quantitative estimate of drug-likeness (QED) is 0.442. The van der Waals surface area contributed by atoms with Crippen LogP contribution in [0.15, 0.2) is 103 Å². The summed E-state index contributed by atoms with van der Waals surface area (Å²) in [6, 6.07) is 30.2. The second-order valence-corrected chi connectivity index (χ2v) is 8.37. The Morgan fingerprint density at radius 1 is 0.581 bits per heavy atom. The van der Waals surface area contributed by atoms with Gasteiger partial charge in [0.05, 0.1) is 11.8 Å². The van der Waals surface area contributed by atoms with Gasteiger partial charge in [0.2, 0.25) is 11.8 Å². The van der Waals surface area contributed by atoms with Crippen LogP contribution in [0.4, 0.5) is 0 Å². The Hall–Kier alpha value is -3.46. The minimum Gasteiger partial charge on any atom is -0.282 e. The topological polar surface area (TPSA) is 37.4 Å². The highest BCUT2D eigenvalue weighted by Gasteiger charge is 2.54. The first-order chi connectivity index (χ1) is 15.2. The Labute approximate surface area is 183 Å². The summed E-state index contributed by atoms with van der Waals surface area (Å²) in [7, 11) is 0. The van der Waals surface area contributed by atoms with E-state index >= 15 is 0 Å². The van der Waals surface area contributed by atoms with Crippen molar-refractivity contribution in [3.63, 3.8) is 0 Å². The number of hydrogen-bond acceptors (Lipinski definition) is 2. The number of carbonyl (C=O) groups excluding carboxylic acids is 2. The third kappa shape index (κ3) is 3.61. The molecule has 3 aromatic carbocycles. The number of allylic oxidation sites excluding steroid dienone is 2. The fraction of sp³-hybridized carbons (Fsp3) is 0.214. The Morgan fingerprint density at radius 2 is 1.00 bits per heavy atom. The molecule has 1 aliphatic carbocycles. The van der Waals surface area contributed by atoms with Gasteiger partial charge in [-0.15, -0.1) is 0 Å². The van der Waals surface area contributed by atoms with Gasteiger partial charge in [-0.25, -0.2) is 0 Å². The first kappa shape index (κ1) is 19.5. The monoisotopic (exact) mass is 407 g/mol. The number of amides is 2. The second kappa shape index (κ2) is 8.35. The molecule has 1 fully saturated rings. The molecule has 0 saturated carbocycles. The average Bonchev–Trinajstić information content (AvgIpc) is 3.09. The Morgan fingerprint density at radius 3 is 1.45 bits per heavy atom. The predicted octanol–water partition coefficient (Wildman–Crippen LogP) is 4.97. The molecule has 0 aromatic heterocycles. The van der Waals surface area contributed by atoms with Crippen LogP contribution in [-0.4, -0.2) is 23.3 Å². The number of nitrogens with zero attached hydrogens (tertiary/aromatic N) is 1. The van der Waals surface area contributed by atoms with E-state index in [0.29, 0.717) is 13.0 Å². The fourth-order valence-electron chi connectivity index (χ4n) is 5.10. The molecular weight excluding hydrogens is 382 g/mol. The molecule has 1 heterocycles. The van der Waals surface area contributed by atoms with Gasteiger partial charge in [-0.2, -0.15) is 0 Å². The van der Waals surface area contributed by atoms with E-state index in [2.05, 4.69) is 36.4 Å². The molecule has 1 saturated heterocycles. The van der Waals surface area contributed by atoms with E-state index < -0.39 is 0 Å². The van der Waals surface area contributed by atoms with Crippen molar-refractivity contribution in [1.29, 1.82) is 0 Å². The number of imide groups is 1. The van der Waals surface area contributed by atoms with Gasteiger partial charge in [0.15, 0.2) is 0 Å². The van der Waals surface area contributed by atoms with E-state index in [1.807, 2.05) is 66.7 Å². The van der Waals surface area contributed by atoms with Crippen molar-refractivity contribution in [2.75, 3.05) is 6.54 Å². The minimum atomic E-state index is -0.360. The Bertz CT molecular complexity index is 1020. The van der Waals surface area contributed by atoms with E-state index in [9.17, 15) is 9.59 Å². The maximum Gasteiger partial charge on any atom is 0.234 e. The van der Waals surface area contributed by atoms with Crippen molar-refractivity contribution in [1.82, 2.24) is 4.90 Å². The van der Waals surface area contributed by atoms with Crippen LogP contribution in [0.1, 0.15) is 28.5 Å². The molecule has 4 unspecified atom stereocenters. The Kier molecular flexibility index (Phi) is 5.25. The second-order valence-electron chi connectivity index (χ2n) is 8.37. The molecule has 154 valence electrons. The van der Waals surface area contributed by atoms with Gasteiger partial charge in [0, 0.05) is 18.4 Å². The van der Waals surface area contributed by atoms with Crippen molar-refractivity contribution in [2.45, 2.75) is 18.3 Å². The van der Waals surface area contributed by atoms with Crippen LogP contribution in [0.5, 0.6) is 0 Å². The van der Waals surface area contributed by atoms with Crippen LogP contribution in [0.3, 0.4) is 0 Å². The third-order valence-corrected chi connectivity index (χ3v) is 6.62. The standard InChI is InChI=1S/C28H25NO2/c30-27-25-23(21-12-6-2-7-13-21)16-17-24(22-14-8-3-9-15-22)26(25)28(31)29(27)19-18-20-10-4-1-5-11-20/h1-17,23-26H,18-19H2. The number of carbonyl (C=O) groups is 2. The normalized spacial score (nSPS) is 25.0. The lowest BCUT2D eigenvalue weighted by atomic mass is 9.68. The van der Waals surface area contributed by atoms with Crippen LogP contribution in [0.25, 0.3) is 0 Å². The van der Waals surface area contributed by atoms with Gasteiger partial charge in [0.1, 0.15) is 0 Å². The summed E-state index contributed by atoms with van der Waals surface area (Å²) >= 11 is 0. The van der Waals surface area contributed by atoms with Crippen molar-refractivity contribution < 1.29 is 9.59 Å². The van der Waals surface area contributed by atoms with Crippen LogP contribution in [0.2, 0.25) is 0 Å². The fourth-order valence-corrected chi connectivity index (χ4v) is 5.10. The maximum atomic E-state index is 13.6. The third-order valence-electron chi connectivity index (χ3n) is 6.62. The minimum absolute atomic E-state index is 0.0370. The van der Waals surface area contributed by atoms with E-state index in [-0.39, 0.29) is 35.5 Å². The van der Waals surface area contributed by atoms with Gasteiger partial charge >= 0.3 is 0 Å². The highest BCUT2D eigenvalue weighted by atomic mass is 16.2. The molecule has 0 N–H and O–H groups in total. The number of hydrogen-bond donors (Lipinski definition) is 0. The van der Waals surface area contributed by atoms with Crippen LogP contribution in [-0.2, 0) is 16.0 Å². The predicted molar refractivity (Wildman–Crippen MR) is 121 cm³/mol. The van der Waals surface area contributed by atoms with Gasteiger partial charge in [-0.1, -0.05) is 103 Å². The highest BCUT2D eigenvalue weighted by molar-refractivity contribution is 6.06. The molecule has 3 heteroatoms. The molecule has 5 rings (SSSR count). The number of likely N-dealkylation sites (tertiary alicyclic amines) is 1. The van der Waals surface area contributed by atoms with Gasteiger partial charge < -0.3 is 0 Å². The molecule has 3 aromatic rings. The summed E-state index contributed by atoms with van der Waals surface area (Å²) in [6.45, 7) is 0.428. The molecular formula is C28H25NO2. The van der Waals surface area contributed by atoms with E-state index in [0.717, 1.165) is 16.7 Å². The molecule has 31 heavy (non-hydrogen) atoms. The summed E-state index contributed by atoms with van der Waals surface area (Å²) in [5, 5.41) is 0. The molecule has 0 bridgehead atoms. The van der Waals surface area contributed by atoms with E-state index in [1.54, 1.807) is 0 Å². The molecule has 4 atom stereocenters. The van der Waals surface area contributed by atoms with Gasteiger partial charge in [-0.05, 0) is 23.1 Å². The number of benzene rings is 3. The molecule has 2 amide bonds. The molecule has 0 spiro atoms. The Balaban J connectivity index is 1.50. The summed E-state index contributed by atoms with van der Waals surface area (Å²) < 4.78 is 0. The summed E-state index contributed by atoms with van der Waals surface area (Å²) in [5.74, 6) is -0.953. The first-order valence-electron chi connectivity index (χ1n) is 10.9. The largest absolute Gasteiger partial charge is 0.282 e. The summed E-state index contributed by atoms with van der Waals surface area (Å²) in [6.07, 6.45) is 4.96. The molecule has 2 aliphatic rings. The van der Waals surface area contributed by atoms with Gasteiger partial charge in [0.25, 0.3) is 0 Å². The smallest absolute Gasteiger partial charge is 0.234 e. The van der Waals surface area contributed by atoms with Crippen molar-refractivity contribution in [2.24, 2.45) is 11.8 Å². The molecule has 0 radical (unpaired) electrons. The number of fused-ring (bicyclic) bond motifs is 1. The lowest BCUT2D eigenvalue weighted by molar-refractivity contribution is -0.139. The maximum absolute atomic E-state index is 13.6. The zero-order valence-corrected chi connectivity index (χ0v) is 17.3.